The van der Waals surface area contributed by atoms with Crippen LogP contribution in [0.1, 0.15) is 38.5 Å². The summed E-state index contributed by atoms with van der Waals surface area (Å²) in [6.45, 7) is 0. The molecule has 0 aromatic rings. The quantitative estimate of drug-likeness (QED) is 0.324. The van der Waals surface area contributed by atoms with Crippen LogP contribution >= 0.6 is 0 Å². The van der Waals surface area contributed by atoms with Crippen molar-refractivity contribution in [2.45, 2.75) is 38.5 Å². The molecule has 0 saturated heterocycles. The number of carbonyl (C=O) groups is 3. The number of aldehydes is 2. The monoisotopic (exact) mass is 222 g/mol. The molecule has 0 aliphatic rings. The second-order valence-electron chi connectivity index (χ2n) is 3.45. The Bertz CT molecular complexity index is 238. The first-order valence-electron chi connectivity index (χ1n) is 5.53. The molecule has 0 aromatic heterocycles. The van der Waals surface area contributed by atoms with Gasteiger partial charge in [-0.2, -0.15) is 0 Å². The van der Waals surface area contributed by atoms with E-state index in [4.69, 9.17) is 0 Å². The van der Waals surface area contributed by atoms with Crippen LogP contribution < -0.4 is 0 Å². The van der Waals surface area contributed by atoms with Crippen LogP contribution in [0.25, 0.3) is 0 Å². The molecule has 3 nitrogen and oxygen atoms in total. The Morgan fingerprint density at radius 1 is 0.812 bits per heavy atom. The van der Waals surface area contributed by atoms with E-state index in [0.717, 1.165) is 38.3 Å². The Hall–Kier alpha value is -1.51. The highest BCUT2D eigenvalue weighted by Crippen LogP contribution is 2.04. The first-order valence-corrected chi connectivity index (χ1v) is 5.53. The molecule has 0 amide bonds. The predicted molar refractivity (Wildman–Crippen MR) is 63.1 cm³/mol. The molecule has 0 bridgehead atoms. The lowest BCUT2D eigenvalue weighted by Crippen LogP contribution is -1.96. The van der Waals surface area contributed by atoms with Gasteiger partial charge < -0.3 is 0 Å². The van der Waals surface area contributed by atoms with E-state index >= 15 is 0 Å². The lowest BCUT2D eigenvalue weighted by molar-refractivity contribution is -0.119. The van der Waals surface area contributed by atoms with Gasteiger partial charge in [-0.25, -0.2) is 0 Å². The van der Waals surface area contributed by atoms with Gasteiger partial charge in [0.1, 0.15) is 18.4 Å². The average Bonchev–Trinajstić information content (AvgIpc) is 2.28. The zero-order valence-corrected chi connectivity index (χ0v) is 9.43. The molecular weight excluding hydrogens is 204 g/mol. The Balaban J connectivity index is 3.37. The summed E-state index contributed by atoms with van der Waals surface area (Å²) >= 11 is 0. The van der Waals surface area contributed by atoms with Gasteiger partial charge in [0.15, 0.2) is 0 Å². The summed E-state index contributed by atoms with van der Waals surface area (Å²) in [4.78, 5) is 31.2. The molecule has 3 heteroatoms. The zero-order valence-electron chi connectivity index (χ0n) is 9.43. The van der Waals surface area contributed by atoms with Crippen LogP contribution in [-0.4, -0.2) is 18.4 Å². The molecule has 16 heavy (non-hydrogen) atoms. The summed E-state index contributed by atoms with van der Waals surface area (Å²) in [6.07, 6.45) is 12.2. The van der Waals surface area contributed by atoms with Crippen molar-refractivity contribution in [1.82, 2.24) is 0 Å². The van der Waals surface area contributed by atoms with E-state index in [1.807, 2.05) is 0 Å². The van der Waals surface area contributed by atoms with Crippen molar-refractivity contribution < 1.29 is 14.4 Å². The Kier molecular flexibility index (Phi) is 10.5. The van der Waals surface area contributed by atoms with Gasteiger partial charge in [-0.3, -0.25) is 14.4 Å². The summed E-state index contributed by atoms with van der Waals surface area (Å²) in [7, 11) is 0. The summed E-state index contributed by atoms with van der Waals surface area (Å²) in [5.41, 5.74) is 0. The van der Waals surface area contributed by atoms with E-state index in [1.165, 1.54) is 12.2 Å². The molecule has 0 saturated carbocycles. The molecule has 0 heterocycles. The van der Waals surface area contributed by atoms with Crippen LogP contribution in [0.5, 0.6) is 0 Å². The van der Waals surface area contributed by atoms with Gasteiger partial charge in [0.25, 0.3) is 0 Å². The number of rotatable bonds is 10. The minimum atomic E-state index is 0.249. The van der Waals surface area contributed by atoms with Crippen LogP contribution in [0.15, 0.2) is 24.3 Å². The van der Waals surface area contributed by atoms with Crippen molar-refractivity contribution in [2.24, 2.45) is 0 Å². The molecule has 0 N–H and O–H groups in total. The van der Waals surface area contributed by atoms with E-state index in [9.17, 15) is 14.4 Å². The van der Waals surface area contributed by atoms with Gasteiger partial charge in [0.05, 0.1) is 0 Å². The van der Waals surface area contributed by atoms with Gasteiger partial charge in [0.2, 0.25) is 0 Å². The molecule has 0 spiro atoms. The molecule has 0 aromatic carbocycles. The number of allylic oxidation sites excluding steroid dienone is 4. The fraction of sp³-hybridized carbons (Fsp3) is 0.462. The first kappa shape index (κ1) is 14.5. The fourth-order valence-corrected chi connectivity index (χ4v) is 1.26. The van der Waals surface area contributed by atoms with Crippen molar-refractivity contribution in [1.29, 1.82) is 0 Å². The predicted octanol–water partition coefficient (Wildman–Crippen LogP) is 2.41. The second-order valence-corrected chi connectivity index (χ2v) is 3.45. The van der Waals surface area contributed by atoms with Crippen LogP contribution in [0, 0.1) is 0 Å². The third-order valence-corrected chi connectivity index (χ3v) is 2.08. The maximum absolute atomic E-state index is 11.3. The highest BCUT2D eigenvalue weighted by Gasteiger charge is 1.99. The van der Waals surface area contributed by atoms with E-state index in [2.05, 4.69) is 0 Å². The Labute approximate surface area is 96.2 Å². The van der Waals surface area contributed by atoms with Crippen molar-refractivity contribution in [3.8, 4) is 0 Å². The molecule has 0 aliphatic heterocycles. The normalized spacial score (nSPS) is 11.0. The SMILES string of the molecule is O=C/C=C/CCCC(=O)CCC/C=C/C=O. The summed E-state index contributed by atoms with van der Waals surface area (Å²) in [5.74, 6) is 0.249. The molecular formula is C13H18O3. The van der Waals surface area contributed by atoms with Gasteiger partial charge in [-0.15, -0.1) is 0 Å². The van der Waals surface area contributed by atoms with Gasteiger partial charge in [-0.05, 0) is 37.8 Å². The third-order valence-electron chi connectivity index (χ3n) is 2.08. The van der Waals surface area contributed by atoms with Crippen molar-refractivity contribution in [3.63, 3.8) is 0 Å². The lowest BCUT2D eigenvalue weighted by atomic mass is 10.1. The average molecular weight is 222 g/mol. The Morgan fingerprint density at radius 3 is 1.62 bits per heavy atom. The molecule has 0 atom stereocenters. The maximum atomic E-state index is 11.3. The van der Waals surface area contributed by atoms with E-state index in [0.29, 0.717) is 12.8 Å². The number of Topliss-reactive ketones (excluding diaryl/α,β-unsaturated/α-hetero) is 1. The Morgan fingerprint density at radius 2 is 1.25 bits per heavy atom. The van der Waals surface area contributed by atoms with Crippen molar-refractivity contribution in [3.05, 3.63) is 24.3 Å². The van der Waals surface area contributed by atoms with Crippen LogP contribution in [0.2, 0.25) is 0 Å². The summed E-state index contributed by atoms with van der Waals surface area (Å²) < 4.78 is 0. The van der Waals surface area contributed by atoms with E-state index < -0.39 is 0 Å². The summed E-state index contributed by atoms with van der Waals surface area (Å²) in [6, 6.07) is 0. The minimum absolute atomic E-state index is 0.249. The molecule has 0 aliphatic carbocycles. The molecule has 88 valence electrons. The smallest absolute Gasteiger partial charge is 0.142 e. The molecule has 0 rings (SSSR count). The van der Waals surface area contributed by atoms with Gasteiger partial charge in [-0.1, -0.05) is 12.2 Å². The number of ketones is 1. The highest BCUT2D eigenvalue weighted by molar-refractivity contribution is 5.78. The zero-order chi connectivity index (χ0) is 12.1. The third kappa shape index (κ3) is 10.6. The topological polar surface area (TPSA) is 51.2 Å². The minimum Gasteiger partial charge on any atom is -0.300 e. The van der Waals surface area contributed by atoms with E-state index in [1.54, 1.807) is 12.2 Å². The van der Waals surface area contributed by atoms with Gasteiger partial charge >= 0.3 is 0 Å². The van der Waals surface area contributed by atoms with Crippen molar-refractivity contribution in [2.75, 3.05) is 0 Å². The molecule has 0 unspecified atom stereocenters. The molecule has 0 fully saturated rings. The highest BCUT2D eigenvalue weighted by atomic mass is 16.1. The lowest BCUT2D eigenvalue weighted by Gasteiger charge is -1.97. The number of unbranched alkanes of at least 4 members (excludes halogenated alkanes) is 2. The van der Waals surface area contributed by atoms with Crippen LogP contribution in [0.4, 0.5) is 0 Å². The van der Waals surface area contributed by atoms with Crippen LogP contribution in [0.3, 0.4) is 0 Å². The molecule has 0 radical (unpaired) electrons. The van der Waals surface area contributed by atoms with Gasteiger partial charge in [0, 0.05) is 12.8 Å². The largest absolute Gasteiger partial charge is 0.300 e. The number of carbonyl (C=O) groups excluding carboxylic acids is 3. The maximum Gasteiger partial charge on any atom is 0.142 e. The standard InChI is InChI=1S/C13H18O3/c14-11-7-3-1-5-9-13(16)10-6-2-4-8-12-15/h3-4,7-8,11-12H,1-2,5-6,9-10H2/b7-3+,8-4+. The summed E-state index contributed by atoms with van der Waals surface area (Å²) in [5, 5.41) is 0. The fourth-order valence-electron chi connectivity index (χ4n) is 1.26. The first-order chi connectivity index (χ1) is 7.81. The second kappa shape index (κ2) is 11.6. The van der Waals surface area contributed by atoms with Crippen molar-refractivity contribution >= 4 is 18.4 Å². The number of hydrogen-bond donors (Lipinski definition) is 0. The van der Waals surface area contributed by atoms with Crippen LogP contribution in [-0.2, 0) is 14.4 Å². The number of hydrogen-bond acceptors (Lipinski definition) is 3. The van der Waals surface area contributed by atoms with E-state index in [-0.39, 0.29) is 5.78 Å².